The molecule has 0 bridgehead atoms. The van der Waals surface area contributed by atoms with Gasteiger partial charge in [0.2, 0.25) is 0 Å². The highest BCUT2D eigenvalue weighted by molar-refractivity contribution is 6.17. The monoisotopic (exact) mass is 198 g/mol. The molecule has 2 heteroatoms. The fourth-order valence-electron chi connectivity index (χ4n) is 1.29. The summed E-state index contributed by atoms with van der Waals surface area (Å²) in [6, 6.07) is 8.02. The van der Waals surface area contributed by atoms with E-state index in [1.165, 1.54) is 5.56 Å². The summed E-state index contributed by atoms with van der Waals surface area (Å²) in [6.07, 6.45) is 1.21. The van der Waals surface area contributed by atoms with Crippen LogP contribution in [0.1, 0.15) is 30.6 Å². The molecule has 0 radical (unpaired) electrons. The van der Waals surface area contributed by atoms with E-state index in [1.807, 2.05) is 18.2 Å². The van der Waals surface area contributed by atoms with Crippen molar-refractivity contribution in [3.63, 3.8) is 0 Å². The predicted octanol–water partition coefficient (Wildman–Crippen LogP) is 2.91. The lowest BCUT2D eigenvalue weighted by Crippen LogP contribution is -1.98. The van der Waals surface area contributed by atoms with Crippen molar-refractivity contribution in [1.82, 2.24) is 0 Å². The quantitative estimate of drug-likeness (QED) is 0.738. The van der Waals surface area contributed by atoms with Gasteiger partial charge in [0.05, 0.1) is 6.10 Å². The minimum absolute atomic E-state index is 0.413. The molecule has 0 spiro atoms. The van der Waals surface area contributed by atoms with E-state index in [0.29, 0.717) is 12.3 Å². The Bertz CT molecular complexity index is 260. The highest BCUT2D eigenvalue weighted by Gasteiger charge is 2.06. The first-order chi connectivity index (χ1) is 6.27. The predicted molar refractivity (Wildman–Crippen MR) is 56.1 cm³/mol. The molecule has 0 saturated carbocycles. The molecule has 1 aromatic rings. The maximum atomic E-state index is 9.66. The number of aliphatic hydroxyl groups is 1. The van der Waals surface area contributed by atoms with Gasteiger partial charge >= 0.3 is 0 Å². The van der Waals surface area contributed by atoms with Crippen LogP contribution < -0.4 is 0 Å². The Morgan fingerprint density at radius 3 is 2.85 bits per heavy atom. The zero-order chi connectivity index (χ0) is 9.68. The second-order valence-corrected chi connectivity index (χ2v) is 3.47. The van der Waals surface area contributed by atoms with Gasteiger partial charge in [-0.15, -0.1) is 11.6 Å². The Morgan fingerprint density at radius 1 is 1.46 bits per heavy atom. The summed E-state index contributed by atoms with van der Waals surface area (Å²) >= 11 is 5.56. The third kappa shape index (κ3) is 3.02. The van der Waals surface area contributed by atoms with Gasteiger partial charge in [-0.2, -0.15) is 0 Å². The number of benzene rings is 1. The minimum Gasteiger partial charge on any atom is -0.388 e. The molecule has 0 aromatic heterocycles. The molecule has 72 valence electrons. The van der Waals surface area contributed by atoms with Gasteiger partial charge in [0.1, 0.15) is 0 Å². The number of alkyl halides is 1. The maximum Gasteiger partial charge on any atom is 0.0801 e. The van der Waals surface area contributed by atoms with Crippen molar-refractivity contribution in [2.45, 2.75) is 25.9 Å². The van der Waals surface area contributed by atoms with E-state index in [2.05, 4.69) is 13.0 Å². The molecule has 0 amide bonds. The summed E-state index contributed by atoms with van der Waals surface area (Å²) in [6.45, 7) is 2.10. The molecule has 0 fully saturated rings. The largest absolute Gasteiger partial charge is 0.388 e. The number of hydrogen-bond donors (Lipinski definition) is 1. The van der Waals surface area contributed by atoms with Crippen LogP contribution in [0.4, 0.5) is 0 Å². The summed E-state index contributed by atoms with van der Waals surface area (Å²) in [5.41, 5.74) is 2.23. The van der Waals surface area contributed by atoms with Gasteiger partial charge in [-0.25, -0.2) is 0 Å². The molecule has 0 unspecified atom stereocenters. The van der Waals surface area contributed by atoms with Gasteiger partial charge in [-0.05, 0) is 24.0 Å². The third-order valence-corrected chi connectivity index (χ3v) is 2.34. The number of aryl methyl sites for hydroxylation is 1. The molecule has 1 rings (SSSR count). The van der Waals surface area contributed by atoms with E-state index < -0.39 is 6.10 Å². The van der Waals surface area contributed by atoms with Crippen molar-refractivity contribution in [2.24, 2.45) is 0 Å². The summed E-state index contributed by atoms with van der Waals surface area (Å²) in [5, 5.41) is 9.66. The molecule has 1 atom stereocenters. The van der Waals surface area contributed by atoms with Crippen LogP contribution in [0.5, 0.6) is 0 Å². The van der Waals surface area contributed by atoms with E-state index in [1.54, 1.807) is 0 Å². The van der Waals surface area contributed by atoms with E-state index in [-0.39, 0.29) is 0 Å². The molecule has 13 heavy (non-hydrogen) atoms. The molecular formula is C11H15ClO. The van der Waals surface area contributed by atoms with Crippen LogP contribution in [0.3, 0.4) is 0 Å². The summed E-state index contributed by atoms with van der Waals surface area (Å²) in [4.78, 5) is 0. The average Bonchev–Trinajstić information content (AvgIpc) is 2.18. The lowest BCUT2D eigenvalue weighted by Gasteiger charge is -2.09. The van der Waals surface area contributed by atoms with Crippen LogP contribution in [-0.2, 0) is 6.42 Å². The van der Waals surface area contributed by atoms with E-state index >= 15 is 0 Å². The van der Waals surface area contributed by atoms with Crippen LogP contribution in [0.25, 0.3) is 0 Å². The normalized spacial score (nSPS) is 12.8. The molecule has 0 aliphatic carbocycles. The van der Waals surface area contributed by atoms with Crippen LogP contribution in [0.2, 0.25) is 0 Å². The number of halogens is 1. The molecule has 0 aliphatic heterocycles. The Kier molecular flexibility index (Phi) is 4.26. The van der Waals surface area contributed by atoms with Crippen molar-refractivity contribution in [2.75, 3.05) is 5.88 Å². The number of rotatable bonds is 4. The SMILES string of the molecule is CCc1cccc([C@@H](O)CCCl)c1. The fraction of sp³-hybridized carbons (Fsp3) is 0.455. The Labute approximate surface area is 84.4 Å². The Morgan fingerprint density at radius 2 is 2.23 bits per heavy atom. The van der Waals surface area contributed by atoms with Crippen LogP contribution in [0.15, 0.2) is 24.3 Å². The first kappa shape index (κ1) is 10.6. The molecule has 1 aromatic carbocycles. The first-order valence-corrected chi connectivity index (χ1v) is 5.14. The second-order valence-electron chi connectivity index (χ2n) is 3.09. The lowest BCUT2D eigenvalue weighted by atomic mass is 10.0. The van der Waals surface area contributed by atoms with Gasteiger partial charge < -0.3 is 5.11 Å². The highest BCUT2D eigenvalue weighted by atomic mass is 35.5. The first-order valence-electron chi connectivity index (χ1n) is 4.60. The van der Waals surface area contributed by atoms with E-state index in [4.69, 9.17) is 11.6 Å². The summed E-state index contributed by atoms with van der Waals surface area (Å²) < 4.78 is 0. The minimum atomic E-state index is -0.413. The number of aliphatic hydroxyl groups excluding tert-OH is 1. The second kappa shape index (κ2) is 5.25. The molecule has 0 aliphatic rings. The van der Waals surface area contributed by atoms with Gasteiger partial charge in [0.15, 0.2) is 0 Å². The highest BCUT2D eigenvalue weighted by Crippen LogP contribution is 2.18. The zero-order valence-corrected chi connectivity index (χ0v) is 8.59. The summed E-state index contributed by atoms with van der Waals surface area (Å²) in [7, 11) is 0. The average molecular weight is 199 g/mol. The van der Waals surface area contributed by atoms with Gasteiger partial charge in [0, 0.05) is 5.88 Å². The smallest absolute Gasteiger partial charge is 0.0801 e. The van der Waals surface area contributed by atoms with Crippen molar-refractivity contribution in [3.8, 4) is 0 Å². The Hall–Kier alpha value is -0.530. The Balaban J connectivity index is 2.75. The topological polar surface area (TPSA) is 20.2 Å². The van der Waals surface area contributed by atoms with Crippen molar-refractivity contribution >= 4 is 11.6 Å². The van der Waals surface area contributed by atoms with Crippen molar-refractivity contribution in [1.29, 1.82) is 0 Å². The number of hydrogen-bond acceptors (Lipinski definition) is 1. The maximum absolute atomic E-state index is 9.66. The van der Waals surface area contributed by atoms with Crippen molar-refractivity contribution < 1.29 is 5.11 Å². The molecule has 0 heterocycles. The standard InChI is InChI=1S/C11H15ClO/c1-2-9-4-3-5-10(8-9)11(13)6-7-12/h3-5,8,11,13H,2,6-7H2,1H3/t11-/m0/s1. The fourth-order valence-corrected chi connectivity index (χ4v) is 1.50. The van der Waals surface area contributed by atoms with Gasteiger partial charge in [0.25, 0.3) is 0 Å². The zero-order valence-electron chi connectivity index (χ0n) is 7.83. The molecule has 0 saturated heterocycles. The van der Waals surface area contributed by atoms with Crippen molar-refractivity contribution in [3.05, 3.63) is 35.4 Å². The molecule has 1 nitrogen and oxygen atoms in total. The van der Waals surface area contributed by atoms with Crippen LogP contribution in [-0.4, -0.2) is 11.0 Å². The third-order valence-electron chi connectivity index (χ3n) is 2.13. The molecular weight excluding hydrogens is 184 g/mol. The van der Waals surface area contributed by atoms with Crippen LogP contribution >= 0.6 is 11.6 Å². The van der Waals surface area contributed by atoms with Gasteiger partial charge in [-0.3, -0.25) is 0 Å². The van der Waals surface area contributed by atoms with E-state index in [0.717, 1.165) is 12.0 Å². The molecule has 1 N–H and O–H groups in total. The summed E-state index contributed by atoms with van der Waals surface area (Å²) in [5.74, 6) is 0.498. The van der Waals surface area contributed by atoms with E-state index in [9.17, 15) is 5.11 Å². The van der Waals surface area contributed by atoms with Gasteiger partial charge in [-0.1, -0.05) is 31.2 Å². The lowest BCUT2D eigenvalue weighted by molar-refractivity contribution is 0.174. The van der Waals surface area contributed by atoms with Crippen LogP contribution in [0, 0.1) is 0 Å².